The molecule has 2 N–H and O–H groups in total. The molecule has 0 aromatic heterocycles. The van der Waals surface area contributed by atoms with Crippen molar-refractivity contribution in [3.8, 4) is 33.4 Å². The third-order valence-corrected chi connectivity index (χ3v) is 21.0. The fourth-order valence-electron chi connectivity index (χ4n) is 12.6. The third-order valence-electron chi connectivity index (χ3n) is 16.9. The maximum absolute atomic E-state index is 4.70. The number of aryl methyl sites for hydroxylation is 2. The van der Waals surface area contributed by atoms with Gasteiger partial charge in [-0.2, -0.15) is 0 Å². The van der Waals surface area contributed by atoms with E-state index in [0.29, 0.717) is 35.5 Å². The Hall–Kier alpha value is -5.78. The molecule has 78 heavy (non-hydrogen) atoms. The summed E-state index contributed by atoms with van der Waals surface area (Å²) in [5.41, 5.74) is 25.9. The van der Waals surface area contributed by atoms with Crippen LogP contribution in [0.15, 0.2) is 158 Å². The first kappa shape index (κ1) is 55.5. The number of nitrogens with one attached hydrogen (secondary N) is 2. The number of fused-ring (bicyclic) bond motifs is 2. The highest BCUT2D eigenvalue weighted by Gasteiger charge is 2.35. The van der Waals surface area contributed by atoms with Crippen LogP contribution in [-0.2, 0) is 25.7 Å². The first-order valence-electron chi connectivity index (χ1n) is 29.8. The predicted molar refractivity (Wildman–Crippen MR) is 346 cm³/mol. The molecule has 8 aromatic rings. The normalized spacial score (nSPS) is 13.6. The second-order valence-electron chi connectivity index (χ2n) is 24.4. The maximum atomic E-state index is 4.70. The first-order chi connectivity index (χ1) is 37.7. The molecule has 0 saturated heterocycles. The molecule has 0 radical (unpaired) electrons. The summed E-state index contributed by atoms with van der Waals surface area (Å²) in [7, 11) is -2.17. The number of hydrogen-bond donors (Lipinski definition) is 2. The van der Waals surface area contributed by atoms with Crippen LogP contribution < -0.4 is 31.4 Å². The lowest BCUT2D eigenvalue weighted by Crippen LogP contribution is -2.21. The average molecular weight is 1070 g/mol. The summed E-state index contributed by atoms with van der Waals surface area (Å²) < 4.78 is 0. The standard InChI is InChI=1S/C74H86N2P2/c1-47(2)55-43-63(49(5)6)69(64(44-55)50(7)8)67-41-53-29-25-27-39-61(53)71(73(67)75-77(57-31-17-13-18-32-57)58-33-19-14-20-34-58)72-62-40-28-26-30-54(62)42-68(70-65(51(9)10)45-56(48(3)4)46-66(70)52(11)12)74(72)76-78(59-35-21-15-22-36-59)60-37-23-16-24-38-60/h13-24,31-38,41-52,75-76H,25-30,39-40H2,1-12H3. The Kier molecular flexibility index (Phi) is 17.3. The zero-order chi connectivity index (χ0) is 54.8. The Balaban J connectivity index is 1.45. The van der Waals surface area contributed by atoms with Crippen molar-refractivity contribution < 1.29 is 0 Å². The van der Waals surface area contributed by atoms with Crippen molar-refractivity contribution in [2.24, 2.45) is 0 Å². The Labute approximate surface area is 473 Å². The minimum absolute atomic E-state index is 0.319. The second kappa shape index (κ2) is 24.3. The van der Waals surface area contributed by atoms with Gasteiger partial charge >= 0.3 is 0 Å². The molecule has 0 bridgehead atoms. The number of rotatable bonds is 17. The molecule has 0 unspecified atom stereocenters. The van der Waals surface area contributed by atoms with Crippen LogP contribution in [0.4, 0.5) is 11.4 Å². The molecule has 0 fully saturated rings. The van der Waals surface area contributed by atoms with E-state index in [2.05, 4.69) is 241 Å². The van der Waals surface area contributed by atoms with Crippen LogP contribution in [0, 0.1) is 0 Å². The number of hydrogen-bond acceptors (Lipinski definition) is 2. The Morgan fingerprint density at radius 1 is 0.308 bits per heavy atom. The molecule has 0 aliphatic heterocycles. The first-order valence-corrected chi connectivity index (χ1v) is 32.5. The largest absolute Gasteiger partial charge is 0.356 e. The SMILES string of the molecule is CC(C)c1cc(C(C)C)c(-c2cc3c(c(-c4c5c(cc(-c6c(C(C)C)cc(C(C)C)cc6C(C)C)c4NP(c4ccccc4)c4ccccc4)CCCC5)c2NP(c2ccccc2)c2ccccc2)CCCC3)c(C(C)C)c1. The Morgan fingerprint density at radius 2 is 0.577 bits per heavy atom. The minimum Gasteiger partial charge on any atom is -0.356 e. The molecule has 2 nitrogen and oxygen atoms in total. The Morgan fingerprint density at radius 3 is 0.833 bits per heavy atom. The molecule has 0 saturated carbocycles. The fraction of sp³-hybridized carbons (Fsp3) is 0.351. The fourth-order valence-corrected chi connectivity index (χ4v) is 16.5. The van der Waals surface area contributed by atoms with Gasteiger partial charge in [0, 0.05) is 43.5 Å². The molecule has 0 spiro atoms. The van der Waals surface area contributed by atoms with E-state index in [-0.39, 0.29) is 0 Å². The van der Waals surface area contributed by atoms with Crippen molar-refractivity contribution in [3.05, 3.63) is 213 Å². The third kappa shape index (κ3) is 11.3. The lowest BCUT2D eigenvalue weighted by Gasteiger charge is -2.36. The van der Waals surface area contributed by atoms with E-state index in [1.807, 2.05) is 0 Å². The van der Waals surface area contributed by atoms with Crippen LogP contribution in [0.25, 0.3) is 33.4 Å². The molecule has 0 atom stereocenters. The number of anilines is 2. The van der Waals surface area contributed by atoms with Crippen molar-refractivity contribution in [2.75, 3.05) is 10.2 Å². The quantitative estimate of drug-likeness (QED) is 0.0888. The monoisotopic (exact) mass is 1060 g/mol. The van der Waals surface area contributed by atoms with E-state index in [1.54, 1.807) is 11.1 Å². The van der Waals surface area contributed by atoms with E-state index in [0.717, 1.165) is 25.7 Å². The van der Waals surface area contributed by atoms with Gasteiger partial charge in [0.2, 0.25) is 0 Å². The van der Waals surface area contributed by atoms with E-state index in [1.165, 1.54) is 136 Å². The van der Waals surface area contributed by atoms with Crippen molar-refractivity contribution in [1.29, 1.82) is 0 Å². The van der Waals surface area contributed by atoms with Gasteiger partial charge in [-0.05, 0) is 166 Å². The van der Waals surface area contributed by atoms with Gasteiger partial charge in [-0.1, -0.05) is 229 Å². The zero-order valence-electron chi connectivity index (χ0n) is 49.0. The van der Waals surface area contributed by atoms with Crippen molar-refractivity contribution in [3.63, 3.8) is 0 Å². The van der Waals surface area contributed by atoms with Gasteiger partial charge in [-0.25, -0.2) is 0 Å². The summed E-state index contributed by atoms with van der Waals surface area (Å²) in [6, 6.07) is 61.3. The zero-order valence-corrected chi connectivity index (χ0v) is 50.8. The van der Waals surface area contributed by atoms with E-state index >= 15 is 0 Å². The summed E-state index contributed by atoms with van der Waals surface area (Å²) in [6.45, 7) is 28.9. The van der Waals surface area contributed by atoms with Crippen molar-refractivity contribution in [2.45, 2.75) is 170 Å². The molecule has 0 heterocycles. The molecule has 8 aromatic carbocycles. The lowest BCUT2D eigenvalue weighted by atomic mass is 9.74. The molecule has 4 heteroatoms. The van der Waals surface area contributed by atoms with Gasteiger partial charge in [0.1, 0.15) is 0 Å². The molecular formula is C74H86N2P2. The Bertz CT molecular complexity index is 2990. The van der Waals surface area contributed by atoms with Gasteiger partial charge < -0.3 is 10.2 Å². The van der Waals surface area contributed by atoms with E-state index < -0.39 is 16.1 Å². The van der Waals surface area contributed by atoms with Crippen molar-refractivity contribution >= 4 is 48.7 Å². The summed E-state index contributed by atoms with van der Waals surface area (Å²) in [4.78, 5) is 0. The van der Waals surface area contributed by atoms with Crippen LogP contribution >= 0.6 is 16.1 Å². The minimum atomic E-state index is -1.09. The summed E-state index contributed by atoms with van der Waals surface area (Å²) in [6.07, 6.45) is 9.03. The highest BCUT2D eigenvalue weighted by Crippen LogP contribution is 2.58. The van der Waals surface area contributed by atoms with Crippen LogP contribution in [0.5, 0.6) is 0 Å². The topological polar surface area (TPSA) is 24.1 Å². The molecule has 2 aliphatic carbocycles. The highest BCUT2D eigenvalue weighted by molar-refractivity contribution is 7.74. The smallest absolute Gasteiger partial charge is 0.0540 e. The van der Waals surface area contributed by atoms with Crippen LogP contribution in [0.3, 0.4) is 0 Å². The van der Waals surface area contributed by atoms with Crippen molar-refractivity contribution in [1.82, 2.24) is 0 Å². The molecule has 0 amide bonds. The lowest BCUT2D eigenvalue weighted by molar-refractivity contribution is 0.682. The molecule has 2 aliphatic rings. The van der Waals surface area contributed by atoms with Gasteiger partial charge in [-0.15, -0.1) is 0 Å². The average Bonchev–Trinajstić information content (AvgIpc) is 3.50. The van der Waals surface area contributed by atoms with Crippen LogP contribution in [-0.4, -0.2) is 0 Å². The summed E-state index contributed by atoms with van der Waals surface area (Å²) in [5, 5.41) is 14.7. The van der Waals surface area contributed by atoms with Gasteiger partial charge in [-0.3, -0.25) is 0 Å². The molecule has 402 valence electrons. The summed E-state index contributed by atoms with van der Waals surface area (Å²) >= 11 is 0. The highest BCUT2D eigenvalue weighted by atomic mass is 31.1. The van der Waals surface area contributed by atoms with Crippen LogP contribution in [0.1, 0.15) is 200 Å². The predicted octanol–water partition coefficient (Wildman–Crippen LogP) is 20.1. The molecule has 10 rings (SSSR count). The van der Waals surface area contributed by atoms with Gasteiger partial charge in [0.25, 0.3) is 0 Å². The van der Waals surface area contributed by atoms with E-state index in [9.17, 15) is 0 Å². The van der Waals surface area contributed by atoms with Crippen LogP contribution in [0.2, 0.25) is 0 Å². The number of benzene rings is 8. The van der Waals surface area contributed by atoms with Gasteiger partial charge in [0.05, 0.1) is 27.5 Å². The van der Waals surface area contributed by atoms with Gasteiger partial charge in [0.15, 0.2) is 0 Å². The van der Waals surface area contributed by atoms with E-state index in [4.69, 9.17) is 10.2 Å². The second-order valence-corrected chi connectivity index (χ2v) is 28.2. The maximum Gasteiger partial charge on any atom is 0.0540 e. The molecular weight excluding hydrogens is 979 g/mol. The summed E-state index contributed by atoms with van der Waals surface area (Å²) in [5.74, 6) is 2.11.